The van der Waals surface area contributed by atoms with Crippen molar-refractivity contribution in [1.82, 2.24) is 5.32 Å². The normalized spacial score (nSPS) is 26.2. The van der Waals surface area contributed by atoms with E-state index in [4.69, 9.17) is 4.74 Å². The minimum Gasteiger partial charge on any atom is -0.354 e. The number of hydrogen-bond acceptors (Lipinski definition) is 4. The molecule has 0 aliphatic carbocycles. The SMILES string of the molecule is CCOC1NCN=C(Br)S1. The van der Waals surface area contributed by atoms with Crippen LogP contribution in [0.2, 0.25) is 0 Å². The van der Waals surface area contributed by atoms with E-state index < -0.39 is 0 Å². The fourth-order valence-corrected chi connectivity index (χ4v) is 1.91. The lowest BCUT2D eigenvalue weighted by atomic mass is 10.9. The summed E-state index contributed by atoms with van der Waals surface area (Å²) in [6.07, 6.45) is 0. The Morgan fingerprint density at radius 2 is 2.80 bits per heavy atom. The summed E-state index contributed by atoms with van der Waals surface area (Å²) in [6, 6.07) is 0. The summed E-state index contributed by atoms with van der Waals surface area (Å²) in [4.78, 5) is 4.07. The molecule has 58 valence electrons. The van der Waals surface area contributed by atoms with Crippen LogP contribution in [-0.4, -0.2) is 22.8 Å². The number of halogens is 1. The van der Waals surface area contributed by atoms with Crippen LogP contribution in [0.3, 0.4) is 0 Å². The van der Waals surface area contributed by atoms with Gasteiger partial charge in [-0.15, -0.1) is 0 Å². The summed E-state index contributed by atoms with van der Waals surface area (Å²) in [5.74, 6) is 0. The van der Waals surface area contributed by atoms with Gasteiger partial charge in [-0.05, 0) is 22.9 Å². The van der Waals surface area contributed by atoms with Gasteiger partial charge in [0.05, 0.1) is 6.67 Å². The predicted molar refractivity (Wildman–Crippen MR) is 47.4 cm³/mol. The van der Waals surface area contributed by atoms with Crippen LogP contribution in [0.25, 0.3) is 0 Å². The minimum atomic E-state index is 0.0666. The first-order valence-electron chi connectivity index (χ1n) is 3.04. The third-order valence-electron chi connectivity index (χ3n) is 0.984. The molecule has 5 heteroatoms. The van der Waals surface area contributed by atoms with Crippen molar-refractivity contribution in [3.8, 4) is 0 Å². The molecule has 0 amide bonds. The van der Waals surface area contributed by atoms with E-state index in [1.54, 1.807) is 11.8 Å². The lowest BCUT2D eigenvalue weighted by Crippen LogP contribution is -2.32. The first-order chi connectivity index (χ1) is 4.83. The average Bonchev–Trinajstić information content (AvgIpc) is 1.88. The number of aliphatic imine (C=N–C) groups is 1. The molecular weight excluding hydrogens is 216 g/mol. The summed E-state index contributed by atoms with van der Waals surface area (Å²) >= 11 is 4.84. The zero-order valence-electron chi connectivity index (χ0n) is 5.63. The second-order valence-electron chi connectivity index (χ2n) is 1.68. The van der Waals surface area contributed by atoms with E-state index in [1.807, 2.05) is 6.92 Å². The van der Waals surface area contributed by atoms with Crippen molar-refractivity contribution in [1.29, 1.82) is 0 Å². The minimum absolute atomic E-state index is 0.0666. The van der Waals surface area contributed by atoms with Gasteiger partial charge in [0.25, 0.3) is 0 Å². The summed E-state index contributed by atoms with van der Waals surface area (Å²) in [6.45, 7) is 3.34. The molecule has 0 radical (unpaired) electrons. The highest BCUT2D eigenvalue weighted by Gasteiger charge is 2.13. The Morgan fingerprint density at radius 1 is 2.00 bits per heavy atom. The van der Waals surface area contributed by atoms with E-state index in [1.165, 1.54) is 0 Å². The Balaban J connectivity index is 2.30. The number of hydrogen-bond donors (Lipinski definition) is 1. The summed E-state index contributed by atoms with van der Waals surface area (Å²) in [7, 11) is 0. The van der Waals surface area contributed by atoms with Gasteiger partial charge in [-0.1, -0.05) is 11.8 Å². The molecule has 1 aliphatic heterocycles. The van der Waals surface area contributed by atoms with Crippen LogP contribution in [0.5, 0.6) is 0 Å². The highest BCUT2D eigenvalue weighted by atomic mass is 79.9. The van der Waals surface area contributed by atoms with Crippen LogP contribution >= 0.6 is 27.7 Å². The molecular formula is C5H9BrN2OS. The molecule has 1 N–H and O–H groups in total. The molecule has 0 saturated heterocycles. The fourth-order valence-electron chi connectivity index (χ4n) is 0.594. The standard InChI is InChI=1S/C5H9BrN2OS/c1-2-9-5-8-3-7-4(6)10-5/h5,8H,2-3H2,1H3. The van der Waals surface area contributed by atoms with Crippen molar-refractivity contribution in [2.75, 3.05) is 13.3 Å². The predicted octanol–water partition coefficient (Wildman–Crippen LogP) is 1.35. The maximum Gasteiger partial charge on any atom is 0.163 e. The number of nitrogens with zero attached hydrogens (tertiary/aromatic N) is 1. The Bertz CT molecular complexity index is 142. The monoisotopic (exact) mass is 224 g/mol. The van der Waals surface area contributed by atoms with Gasteiger partial charge in [-0.25, -0.2) is 0 Å². The fraction of sp³-hybridized carbons (Fsp3) is 0.800. The highest BCUT2D eigenvalue weighted by molar-refractivity contribution is 9.22. The summed E-state index contributed by atoms with van der Waals surface area (Å²) < 4.78 is 6.20. The van der Waals surface area contributed by atoms with Crippen LogP contribution in [0, 0.1) is 0 Å². The van der Waals surface area contributed by atoms with Gasteiger partial charge in [0.1, 0.15) is 3.95 Å². The second-order valence-corrected chi connectivity index (χ2v) is 4.01. The highest BCUT2D eigenvalue weighted by Crippen LogP contribution is 2.19. The lowest BCUT2D eigenvalue weighted by molar-refractivity contribution is 0.103. The van der Waals surface area contributed by atoms with Crippen molar-refractivity contribution in [3.05, 3.63) is 0 Å². The second kappa shape index (κ2) is 4.33. The van der Waals surface area contributed by atoms with Crippen molar-refractivity contribution < 1.29 is 4.74 Å². The maximum atomic E-state index is 5.29. The lowest BCUT2D eigenvalue weighted by Gasteiger charge is -2.19. The number of rotatable bonds is 2. The average molecular weight is 225 g/mol. The zero-order valence-corrected chi connectivity index (χ0v) is 8.04. The third kappa shape index (κ3) is 2.57. The van der Waals surface area contributed by atoms with E-state index in [2.05, 4.69) is 26.2 Å². The summed E-state index contributed by atoms with van der Waals surface area (Å²) in [5.41, 5.74) is 0.0666. The molecule has 0 saturated carbocycles. The van der Waals surface area contributed by atoms with Crippen LogP contribution in [0.4, 0.5) is 0 Å². The maximum absolute atomic E-state index is 5.29. The van der Waals surface area contributed by atoms with E-state index in [0.29, 0.717) is 6.67 Å². The number of thioether (sulfide) groups is 1. The number of nitrogens with one attached hydrogen (secondary N) is 1. The van der Waals surface area contributed by atoms with E-state index in [9.17, 15) is 0 Å². The van der Waals surface area contributed by atoms with Crippen molar-refractivity contribution >= 4 is 31.6 Å². The molecule has 0 spiro atoms. The molecule has 0 aromatic carbocycles. The largest absolute Gasteiger partial charge is 0.354 e. The van der Waals surface area contributed by atoms with Gasteiger partial charge < -0.3 is 4.74 Å². The van der Waals surface area contributed by atoms with Crippen molar-refractivity contribution in [2.45, 2.75) is 12.5 Å². The topological polar surface area (TPSA) is 33.6 Å². The van der Waals surface area contributed by atoms with Gasteiger partial charge >= 0.3 is 0 Å². The first-order valence-corrected chi connectivity index (χ1v) is 4.72. The molecule has 1 atom stereocenters. The quantitative estimate of drug-likeness (QED) is 0.770. The first kappa shape index (κ1) is 8.52. The van der Waals surface area contributed by atoms with Gasteiger partial charge in [0.15, 0.2) is 5.56 Å². The van der Waals surface area contributed by atoms with Crippen molar-refractivity contribution in [3.63, 3.8) is 0 Å². The van der Waals surface area contributed by atoms with Crippen LogP contribution in [0.1, 0.15) is 6.92 Å². The van der Waals surface area contributed by atoms with Crippen LogP contribution < -0.4 is 5.32 Å². The Hall–Kier alpha value is 0.420. The van der Waals surface area contributed by atoms with Gasteiger partial charge in [0, 0.05) is 6.61 Å². The molecule has 10 heavy (non-hydrogen) atoms. The molecule has 1 aliphatic rings. The van der Waals surface area contributed by atoms with E-state index in [0.717, 1.165) is 10.6 Å². The Labute approximate surface area is 72.7 Å². The van der Waals surface area contributed by atoms with E-state index in [-0.39, 0.29) is 5.56 Å². The van der Waals surface area contributed by atoms with Gasteiger partial charge in [-0.2, -0.15) is 0 Å². The molecule has 0 bridgehead atoms. The number of ether oxygens (including phenoxy) is 1. The van der Waals surface area contributed by atoms with Gasteiger partial charge in [0.2, 0.25) is 0 Å². The van der Waals surface area contributed by atoms with Gasteiger partial charge in [-0.3, -0.25) is 10.3 Å². The zero-order chi connectivity index (χ0) is 7.40. The van der Waals surface area contributed by atoms with Crippen LogP contribution in [0.15, 0.2) is 4.99 Å². The Kier molecular flexibility index (Phi) is 3.69. The Morgan fingerprint density at radius 3 is 3.40 bits per heavy atom. The van der Waals surface area contributed by atoms with Crippen molar-refractivity contribution in [2.24, 2.45) is 4.99 Å². The molecule has 3 nitrogen and oxygen atoms in total. The molecule has 0 aromatic rings. The molecule has 1 heterocycles. The third-order valence-corrected chi connectivity index (χ3v) is 2.64. The molecule has 1 rings (SSSR count). The smallest absolute Gasteiger partial charge is 0.163 e. The molecule has 0 fully saturated rings. The summed E-state index contributed by atoms with van der Waals surface area (Å²) in [5, 5.41) is 3.07. The molecule has 1 unspecified atom stereocenters. The van der Waals surface area contributed by atoms with E-state index >= 15 is 0 Å². The molecule has 0 aromatic heterocycles. The van der Waals surface area contributed by atoms with Crippen LogP contribution in [-0.2, 0) is 4.74 Å².